The van der Waals surface area contributed by atoms with Crippen molar-refractivity contribution in [3.63, 3.8) is 0 Å². The van der Waals surface area contributed by atoms with Crippen molar-refractivity contribution in [2.45, 2.75) is 25.6 Å². The summed E-state index contributed by atoms with van der Waals surface area (Å²) in [7, 11) is 0. The van der Waals surface area contributed by atoms with Crippen LogP contribution in [-0.2, 0) is 17.5 Å². The number of carbonyl (C=O) groups is 1. The third kappa shape index (κ3) is 5.02. The molecule has 2 aromatic carbocycles. The monoisotopic (exact) mass is 414 g/mol. The van der Waals surface area contributed by atoms with E-state index >= 15 is 0 Å². The lowest BCUT2D eigenvalue weighted by Gasteiger charge is -2.32. The Morgan fingerprint density at radius 1 is 1.21 bits per heavy atom. The number of hydrogen-bond donors (Lipinski definition) is 1. The Kier molecular flexibility index (Phi) is 6.25. The molecule has 8 heteroatoms. The molecule has 1 aliphatic heterocycles. The zero-order chi connectivity index (χ0) is 20.3. The van der Waals surface area contributed by atoms with Crippen molar-refractivity contribution in [1.29, 1.82) is 0 Å². The van der Waals surface area contributed by atoms with Gasteiger partial charge in [-0.1, -0.05) is 29.8 Å². The van der Waals surface area contributed by atoms with Crippen molar-refractivity contribution < 1.29 is 22.4 Å². The van der Waals surface area contributed by atoms with Crippen molar-refractivity contribution in [2.75, 3.05) is 18.4 Å². The third-order valence-corrected chi connectivity index (χ3v) is 5.11. The average molecular weight is 415 g/mol. The zero-order valence-corrected chi connectivity index (χ0v) is 15.7. The van der Waals surface area contributed by atoms with Crippen molar-refractivity contribution >= 4 is 23.2 Å². The number of rotatable bonds is 4. The summed E-state index contributed by atoms with van der Waals surface area (Å²) in [5, 5.41) is 2.56. The van der Waals surface area contributed by atoms with E-state index in [1.54, 1.807) is 18.2 Å². The van der Waals surface area contributed by atoms with Crippen molar-refractivity contribution in [2.24, 2.45) is 5.92 Å². The molecule has 1 unspecified atom stereocenters. The molecule has 1 aliphatic rings. The van der Waals surface area contributed by atoms with E-state index in [0.29, 0.717) is 25.1 Å². The number of alkyl halides is 3. The minimum absolute atomic E-state index is 0.0420. The van der Waals surface area contributed by atoms with Gasteiger partial charge in [-0.3, -0.25) is 9.69 Å². The molecule has 0 aliphatic carbocycles. The van der Waals surface area contributed by atoms with Gasteiger partial charge in [-0.05, 0) is 43.7 Å². The number of nitrogens with zero attached hydrogens (tertiary/aromatic N) is 1. The average Bonchev–Trinajstić information content (AvgIpc) is 2.65. The smallest absolute Gasteiger partial charge is 0.324 e. The van der Waals surface area contributed by atoms with Gasteiger partial charge in [-0.15, -0.1) is 0 Å². The Labute approximate surface area is 165 Å². The molecule has 0 bridgehead atoms. The van der Waals surface area contributed by atoms with Gasteiger partial charge in [0.05, 0.1) is 22.2 Å². The largest absolute Gasteiger partial charge is 0.416 e. The van der Waals surface area contributed by atoms with E-state index in [4.69, 9.17) is 11.6 Å². The molecule has 150 valence electrons. The maximum atomic E-state index is 13.9. The van der Waals surface area contributed by atoms with Gasteiger partial charge in [0.25, 0.3) is 0 Å². The number of piperidine rings is 1. The summed E-state index contributed by atoms with van der Waals surface area (Å²) in [6.07, 6.45) is -3.18. The highest BCUT2D eigenvalue weighted by molar-refractivity contribution is 6.33. The fourth-order valence-corrected chi connectivity index (χ4v) is 3.48. The SMILES string of the molecule is O=C(Nc1cc(C(F)(F)F)ccc1Cl)C1CCCN(Cc2ccccc2F)C1. The number of nitrogens with one attached hydrogen (secondary N) is 1. The maximum Gasteiger partial charge on any atom is 0.416 e. The van der Waals surface area contributed by atoms with E-state index in [1.165, 1.54) is 6.07 Å². The topological polar surface area (TPSA) is 32.3 Å². The van der Waals surface area contributed by atoms with E-state index in [2.05, 4.69) is 5.32 Å². The standard InChI is InChI=1S/C20H19ClF4N2O/c21-16-8-7-15(20(23,24)25)10-18(16)26-19(28)14-5-3-9-27(12-14)11-13-4-1-2-6-17(13)22/h1-2,4,6-8,10,14H,3,5,9,11-12H2,(H,26,28). The lowest BCUT2D eigenvalue weighted by atomic mass is 9.96. The van der Waals surface area contributed by atoms with E-state index in [0.717, 1.165) is 31.2 Å². The van der Waals surface area contributed by atoms with Crippen LogP contribution in [0.4, 0.5) is 23.2 Å². The molecule has 0 spiro atoms. The van der Waals surface area contributed by atoms with Crippen LogP contribution >= 0.6 is 11.6 Å². The number of benzene rings is 2. The minimum Gasteiger partial charge on any atom is -0.324 e. The highest BCUT2D eigenvalue weighted by Crippen LogP contribution is 2.34. The fraction of sp³-hybridized carbons (Fsp3) is 0.350. The first-order valence-corrected chi connectivity index (χ1v) is 9.25. The lowest BCUT2D eigenvalue weighted by molar-refractivity contribution is -0.137. The Hall–Kier alpha value is -2.12. The molecule has 1 amide bonds. The molecule has 3 nitrogen and oxygen atoms in total. The van der Waals surface area contributed by atoms with Crippen LogP contribution in [0.15, 0.2) is 42.5 Å². The Balaban J connectivity index is 1.67. The molecular weight excluding hydrogens is 396 g/mol. The molecule has 1 saturated heterocycles. The zero-order valence-electron chi connectivity index (χ0n) is 14.9. The highest BCUT2D eigenvalue weighted by atomic mass is 35.5. The van der Waals surface area contributed by atoms with Crippen molar-refractivity contribution in [1.82, 2.24) is 4.90 Å². The van der Waals surface area contributed by atoms with Crippen LogP contribution in [0.5, 0.6) is 0 Å². The van der Waals surface area contributed by atoms with Gasteiger partial charge < -0.3 is 5.32 Å². The van der Waals surface area contributed by atoms with Crippen LogP contribution in [-0.4, -0.2) is 23.9 Å². The molecule has 0 saturated carbocycles. The molecule has 1 atom stereocenters. The quantitative estimate of drug-likeness (QED) is 0.684. The van der Waals surface area contributed by atoms with E-state index < -0.39 is 17.7 Å². The predicted molar refractivity (Wildman–Crippen MR) is 99.5 cm³/mol. The number of likely N-dealkylation sites (tertiary alicyclic amines) is 1. The van der Waals surface area contributed by atoms with Gasteiger partial charge in [0, 0.05) is 18.7 Å². The normalized spacial score (nSPS) is 18.1. The van der Waals surface area contributed by atoms with Crippen LogP contribution in [0.3, 0.4) is 0 Å². The summed E-state index contributed by atoms with van der Waals surface area (Å²) < 4.78 is 52.5. The summed E-state index contributed by atoms with van der Waals surface area (Å²) in [5.41, 5.74) is -0.394. The molecule has 1 fully saturated rings. The summed E-state index contributed by atoms with van der Waals surface area (Å²) in [4.78, 5) is 14.6. The van der Waals surface area contributed by atoms with Gasteiger partial charge >= 0.3 is 6.18 Å². The van der Waals surface area contributed by atoms with Crippen LogP contribution in [0, 0.1) is 11.7 Å². The highest BCUT2D eigenvalue weighted by Gasteiger charge is 2.32. The van der Waals surface area contributed by atoms with Gasteiger partial charge in [0.15, 0.2) is 0 Å². The molecular formula is C20H19ClF4N2O. The maximum absolute atomic E-state index is 13.9. The summed E-state index contributed by atoms with van der Waals surface area (Å²) >= 11 is 5.95. The number of hydrogen-bond acceptors (Lipinski definition) is 2. The summed E-state index contributed by atoms with van der Waals surface area (Å²) in [6.45, 7) is 1.50. The van der Waals surface area contributed by atoms with Gasteiger partial charge in [-0.25, -0.2) is 4.39 Å². The van der Waals surface area contributed by atoms with Crippen molar-refractivity contribution in [3.8, 4) is 0 Å². The second-order valence-electron chi connectivity index (χ2n) is 6.85. The van der Waals surface area contributed by atoms with Gasteiger partial charge in [-0.2, -0.15) is 13.2 Å². The number of carbonyl (C=O) groups excluding carboxylic acids is 1. The molecule has 3 rings (SSSR count). The first-order chi connectivity index (χ1) is 13.2. The van der Waals surface area contributed by atoms with E-state index in [9.17, 15) is 22.4 Å². The molecule has 1 heterocycles. The Morgan fingerprint density at radius 3 is 2.68 bits per heavy atom. The van der Waals surface area contributed by atoms with Crippen LogP contribution in [0.2, 0.25) is 5.02 Å². The second kappa shape index (κ2) is 8.49. The van der Waals surface area contributed by atoms with Gasteiger partial charge in [0.1, 0.15) is 5.82 Å². The third-order valence-electron chi connectivity index (χ3n) is 4.78. The number of anilines is 1. The molecule has 28 heavy (non-hydrogen) atoms. The van der Waals surface area contributed by atoms with Gasteiger partial charge in [0.2, 0.25) is 5.91 Å². The van der Waals surface area contributed by atoms with Crippen LogP contribution in [0.25, 0.3) is 0 Å². The summed E-state index contributed by atoms with van der Waals surface area (Å²) in [6, 6.07) is 9.27. The van der Waals surface area contributed by atoms with E-state index in [-0.39, 0.29) is 22.4 Å². The molecule has 0 radical (unpaired) electrons. The Morgan fingerprint density at radius 2 is 1.96 bits per heavy atom. The number of amides is 1. The molecule has 0 aromatic heterocycles. The molecule has 1 N–H and O–H groups in total. The van der Waals surface area contributed by atoms with Crippen LogP contribution < -0.4 is 5.32 Å². The second-order valence-corrected chi connectivity index (χ2v) is 7.25. The first kappa shape index (κ1) is 20.6. The van der Waals surface area contributed by atoms with Crippen LogP contribution in [0.1, 0.15) is 24.0 Å². The minimum atomic E-state index is -4.52. The number of halogens is 5. The predicted octanol–water partition coefficient (Wildman–Crippen LogP) is 5.35. The first-order valence-electron chi connectivity index (χ1n) is 8.87. The van der Waals surface area contributed by atoms with Crippen molar-refractivity contribution in [3.05, 3.63) is 64.4 Å². The Bertz CT molecular complexity index is 856. The molecule has 2 aromatic rings. The summed E-state index contributed by atoms with van der Waals surface area (Å²) in [5.74, 6) is -1.10. The lowest BCUT2D eigenvalue weighted by Crippen LogP contribution is -2.40. The van der Waals surface area contributed by atoms with E-state index in [1.807, 2.05) is 4.90 Å². The fourth-order valence-electron chi connectivity index (χ4n) is 3.31.